The molecule has 2 rings (SSSR count). The highest BCUT2D eigenvalue weighted by Gasteiger charge is 2.40. The fraction of sp³-hybridized carbons (Fsp3) is 0.571. The van der Waals surface area contributed by atoms with Crippen LogP contribution in [0.2, 0.25) is 5.02 Å². The lowest BCUT2D eigenvalue weighted by Gasteiger charge is -2.15. The second-order valence-corrected chi connectivity index (χ2v) is 5.51. The van der Waals surface area contributed by atoms with Crippen LogP contribution in [0, 0.1) is 11.2 Å². The van der Waals surface area contributed by atoms with Crippen molar-refractivity contribution in [3.8, 4) is 0 Å². The quantitative estimate of drug-likeness (QED) is 0.805. The standard InChI is InChI=1S/C14H19ClFN/c1-2-5-14(6-7-14)10-17-9-11-3-4-13(16)12(15)8-11/h3-4,8,17H,2,5-7,9-10H2,1H3. The highest BCUT2D eigenvalue weighted by Crippen LogP contribution is 2.48. The molecule has 0 heterocycles. The summed E-state index contributed by atoms with van der Waals surface area (Å²) in [5.74, 6) is -0.347. The van der Waals surface area contributed by atoms with E-state index in [1.54, 1.807) is 12.1 Å². The topological polar surface area (TPSA) is 12.0 Å². The first-order valence-electron chi connectivity index (χ1n) is 6.30. The zero-order valence-electron chi connectivity index (χ0n) is 10.2. The Labute approximate surface area is 107 Å². The normalized spacial score (nSPS) is 17.1. The van der Waals surface area contributed by atoms with E-state index in [1.165, 1.54) is 31.7 Å². The summed E-state index contributed by atoms with van der Waals surface area (Å²) < 4.78 is 13.0. The summed E-state index contributed by atoms with van der Waals surface area (Å²) in [7, 11) is 0. The average molecular weight is 256 g/mol. The second kappa shape index (κ2) is 5.36. The Bertz CT molecular complexity index is 388. The van der Waals surface area contributed by atoms with Crippen molar-refractivity contribution in [2.75, 3.05) is 6.54 Å². The minimum Gasteiger partial charge on any atom is -0.312 e. The molecular weight excluding hydrogens is 237 g/mol. The lowest BCUT2D eigenvalue weighted by Crippen LogP contribution is -2.23. The van der Waals surface area contributed by atoms with Crippen molar-refractivity contribution in [3.05, 3.63) is 34.6 Å². The van der Waals surface area contributed by atoms with Crippen LogP contribution < -0.4 is 5.32 Å². The van der Waals surface area contributed by atoms with Crippen LogP contribution in [0.15, 0.2) is 18.2 Å². The summed E-state index contributed by atoms with van der Waals surface area (Å²) in [6.07, 6.45) is 5.25. The zero-order chi connectivity index (χ0) is 12.3. The Morgan fingerprint density at radius 3 is 2.76 bits per heavy atom. The number of nitrogens with one attached hydrogen (secondary N) is 1. The van der Waals surface area contributed by atoms with Gasteiger partial charge < -0.3 is 5.32 Å². The van der Waals surface area contributed by atoms with E-state index in [0.29, 0.717) is 5.41 Å². The summed E-state index contributed by atoms with van der Waals surface area (Å²) in [6, 6.07) is 4.91. The summed E-state index contributed by atoms with van der Waals surface area (Å²) in [6.45, 7) is 4.07. The molecule has 3 heteroatoms. The van der Waals surface area contributed by atoms with E-state index in [4.69, 9.17) is 11.6 Å². The molecule has 0 spiro atoms. The number of rotatable bonds is 6. The predicted octanol–water partition coefficient (Wildman–Crippen LogP) is 4.15. The van der Waals surface area contributed by atoms with E-state index in [-0.39, 0.29) is 10.8 Å². The Kier molecular flexibility index (Phi) is 4.05. The molecule has 1 fully saturated rings. The van der Waals surface area contributed by atoms with Gasteiger partial charge in [-0.05, 0) is 42.4 Å². The van der Waals surface area contributed by atoms with Crippen molar-refractivity contribution in [1.82, 2.24) is 5.32 Å². The Balaban J connectivity index is 1.80. The smallest absolute Gasteiger partial charge is 0.141 e. The molecule has 1 saturated carbocycles. The minimum absolute atomic E-state index is 0.207. The first kappa shape index (κ1) is 12.8. The third-order valence-electron chi connectivity index (χ3n) is 3.55. The third kappa shape index (κ3) is 3.43. The fourth-order valence-corrected chi connectivity index (χ4v) is 2.55. The average Bonchev–Trinajstić information content (AvgIpc) is 3.04. The molecule has 0 bridgehead atoms. The molecule has 1 aliphatic rings. The van der Waals surface area contributed by atoms with Crippen molar-refractivity contribution in [1.29, 1.82) is 0 Å². The van der Waals surface area contributed by atoms with Crippen LogP contribution in [-0.2, 0) is 6.54 Å². The molecule has 17 heavy (non-hydrogen) atoms. The van der Waals surface area contributed by atoms with E-state index in [9.17, 15) is 4.39 Å². The summed E-state index contributed by atoms with van der Waals surface area (Å²) in [4.78, 5) is 0. The highest BCUT2D eigenvalue weighted by atomic mass is 35.5. The molecule has 1 N–H and O–H groups in total. The van der Waals surface area contributed by atoms with Gasteiger partial charge >= 0.3 is 0 Å². The van der Waals surface area contributed by atoms with Gasteiger partial charge in [-0.2, -0.15) is 0 Å². The number of halogens is 2. The van der Waals surface area contributed by atoms with Gasteiger partial charge in [-0.1, -0.05) is 31.0 Å². The van der Waals surface area contributed by atoms with Gasteiger partial charge in [0.25, 0.3) is 0 Å². The molecule has 1 aromatic carbocycles. The van der Waals surface area contributed by atoms with Gasteiger partial charge in [0.15, 0.2) is 0 Å². The van der Waals surface area contributed by atoms with E-state index in [2.05, 4.69) is 12.2 Å². The van der Waals surface area contributed by atoms with E-state index in [0.717, 1.165) is 18.7 Å². The maximum absolute atomic E-state index is 13.0. The van der Waals surface area contributed by atoms with Crippen LogP contribution in [0.1, 0.15) is 38.2 Å². The monoisotopic (exact) mass is 255 g/mol. The summed E-state index contributed by atoms with van der Waals surface area (Å²) in [5.41, 5.74) is 1.60. The molecule has 0 atom stereocenters. The van der Waals surface area contributed by atoms with Crippen molar-refractivity contribution >= 4 is 11.6 Å². The van der Waals surface area contributed by atoms with E-state index < -0.39 is 0 Å². The molecule has 94 valence electrons. The van der Waals surface area contributed by atoms with Gasteiger partial charge in [0, 0.05) is 13.1 Å². The van der Waals surface area contributed by atoms with Gasteiger partial charge in [0.2, 0.25) is 0 Å². The Morgan fingerprint density at radius 1 is 1.41 bits per heavy atom. The second-order valence-electron chi connectivity index (χ2n) is 5.10. The van der Waals surface area contributed by atoms with Crippen LogP contribution in [0.25, 0.3) is 0 Å². The van der Waals surface area contributed by atoms with Crippen molar-refractivity contribution in [2.45, 2.75) is 39.2 Å². The molecular formula is C14H19ClFN. The van der Waals surface area contributed by atoms with Crippen molar-refractivity contribution in [3.63, 3.8) is 0 Å². The lowest BCUT2D eigenvalue weighted by atomic mass is 10.0. The summed E-state index contributed by atoms with van der Waals surface area (Å²) in [5, 5.41) is 3.66. The molecule has 1 aromatic rings. The van der Waals surface area contributed by atoms with Crippen LogP contribution in [0.5, 0.6) is 0 Å². The Morgan fingerprint density at radius 2 is 2.18 bits per heavy atom. The molecule has 0 amide bonds. The first-order chi connectivity index (χ1) is 8.15. The van der Waals surface area contributed by atoms with Gasteiger partial charge in [0.1, 0.15) is 5.82 Å². The van der Waals surface area contributed by atoms with Gasteiger partial charge in [-0.3, -0.25) is 0 Å². The summed E-state index contributed by atoms with van der Waals surface area (Å²) >= 11 is 5.74. The van der Waals surface area contributed by atoms with Gasteiger partial charge in [-0.15, -0.1) is 0 Å². The Hall–Kier alpha value is -0.600. The highest BCUT2D eigenvalue weighted by molar-refractivity contribution is 6.30. The van der Waals surface area contributed by atoms with E-state index in [1.807, 2.05) is 0 Å². The zero-order valence-corrected chi connectivity index (χ0v) is 11.0. The van der Waals surface area contributed by atoms with E-state index >= 15 is 0 Å². The van der Waals surface area contributed by atoms with Crippen LogP contribution in [-0.4, -0.2) is 6.54 Å². The lowest BCUT2D eigenvalue weighted by molar-refractivity contribution is 0.421. The van der Waals surface area contributed by atoms with Crippen molar-refractivity contribution < 1.29 is 4.39 Å². The van der Waals surface area contributed by atoms with Crippen LogP contribution in [0.3, 0.4) is 0 Å². The van der Waals surface area contributed by atoms with Crippen LogP contribution in [0.4, 0.5) is 4.39 Å². The molecule has 1 aliphatic carbocycles. The maximum atomic E-state index is 13.0. The largest absolute Gasteiger partial charge is 0.312 e. The molecule has 0 aliphatic heterocycles. The molecule has 1 nitrogen and oxygen atoms in total. The number of benzene rings is 1. The predicted molar refractivity (Wildman–Crippen MR) is 69.7 cm³/mol. The number of hydrogen-bond acceptors (Lipinski definition) is 1. The first-order valence-corrected chi connectivity index (χ1v) is 6.68. The molecule has 0 radical (unpaired) electrons. The number of hydrogen-bond donors (Lipinski definition) is 1. The van der Waals surface area contributed by atoms with Crippen LogP contribution >= 0.6 is 11.6 Å². The van der Waals surface area contributed by atoms with Gasteiger partial charge in [-0.25, -0.2) is 4.39 Å². The fourth-order valence-electron chi connectivity index (χ4n) is 2.34. The molecule has 0 unspecified atom stereocenters. The minimum atomic E-state index is -0.347. The maximum Gasteiger partial charge on any atom is 0.141 e. The molecule has 0 aromatic heterocycles. The third-order valence-corrected chi connectivity index (χ3v) is 3.84. The molecule has 0 saturated heterocycles. The van der Waals surface area contributed by atoms with Gasteiger partial charge in [0.05, 0.1) is 5.02 Å². The SMILES string of the molecule is CCCC1(CNCc2ccc(F)c(Cl)c2)CC1. The van der Waals surface area contributed by atoms with Crippen molar-refractivity contribution in [2.24, 2.45) is 5.41 Å².